The number of primary amides is 1. The Labute approximate surface area is 158 Å². The van der Waals surface area contributed by atoms with Crippen molar-refractivity contribution >= 4 is 28.4 Å². The summed E-state index contributed by atoms with van der Waals surface area (Å²) in [7, 11) is 3.96. The highest BCUT2D eigenvalue weighted by molar-refractivity contribution is 6.35. The van der Waals surface area contributed by atoms with E-state index >= 15 is 0 Å². The average molecular weight is 368 g/mol. The fourth-order valence-electron chi connectivity index (χ4n) is 3.46. The molecule has 1 aromatic heterocycles. The van der Waals surface area contributed by atoms with Crippen LogP contribution < -0.4 is 5.73 Å². The van der Waals surface area contributed by atoms with Gasteiger partial charge in [-0.05, 0) is 56.4 Å². The Morgan fingerprint density at radius 1 is 1.12 bits per heavy atom. The first-order chi connectivity index (χ1) is 12.5. The predicted octanol–water partition coefficient (Wildman–Crippen LogP) is 3.61. The van der Waals surface area contributed by atoms with Crippen LogP contribution in [0.4, 0.5) is 0 Å². The van der Waals surface area contributed by atoms with E-state index in [0.717, 1.165) is 22.0 Å². The third-order valence-corrected chi connectivity index (χ3v) is 5.11. The van der Waals surface area contributed by atoms with E-state index in [0.29, 0.717) is 18.0 Å². The highest BCUT2D eigenvalue weighted by Crippen LogP contribution is 2.41. The molecule has 0 radical (unpaired) electrons. The fraction of sp³-hybridized carbons (Fsp3) is 0.238. The van der Waals surface area contributed by atoms with Crippen molar-refractivity contribution in [1.82, 2.24) is 9.88 Å². The zero-order valence-electron chi connectivity index (χ0n) is 14.9. The molecule has 0 bridgehead atoms. The summed E-state index contributed by atoms with van der Waals surface area (Å²) in [6, 6.07) is 17.1. The molecule has 26 heavy (non-hydrogen) atoms. The smallest absolute Gasteiger partial charge is 0.232 e. The number of rotatable bonds is 6. The second-order valence-electron chi connectivity index (χ2n) is 6.68. The normalized spacial score (nSPS) is 13.7. The summed E-state index contributed by atoms with van der Waals surface area (Å²) in [5, 5.41) is 1.34. The van der Waals surface area contributed by atoms with Gasteiger partial charge in [0.25, 0.3) is 0 Å². The molecule has 0 saturated heterocycles. The lowest BCUT2D eigenvalue weighted by molar-refractivity contribution is -0.122. The van der Waals surface area contributed by atoms with E-state index in [1.165, 1.54) is 0 Å². The van der Waals surface area contributed by atoms with Gasteiger partial charge in [-0.3, -0.25) is 9.78 Å². The molecular weight excluding hydrogens is 346 g/mol. The van der Waals surface area contributed by atoms with Crippen LogP contribution in [-0.2, 0) is 10.2 Å². The number of benzene rings is 2. The summed E-state index contributed by atoms with van der Waals surface area (Å²) in [4.78, 5) is 19.4. The number of pyridine rings is 1. The van der Waals surface area contributed by atoms with Crippen LogP contribution in [0, 0.1) is 0 Å². The Balaban J connectivity index is 2.36. The van der Waals surface area contributed by atoms with Crippen molar-refractivity contribution in [2.24, 2.45) is 5.73 Å². The van der Waals surface area contributed by atoms with Gasteiger partial charge >= 0.3 is 0 Å². The highest BCUT2D eigenvalue weighted by atomic mass is 35.5. The predicted molar refractivity (Wildman–Crippen MR) is 106 cm³/mol. The second-order valence-corrected chi connectivity index (χ2v) is 7.09. The zero-order valence-corrected chi connectivity index (χ0v) is 15.7. The summed E-state index contributed by atoms with van der Waals surface area (Å²) in [5.41, 5.74) is 7.47. The fourth-order valence-corrected chi connectivity index (χ4v) is 3.74. The third-order valence-electron chi connectivity index (χ3n) is 4.80. The molecular formula is C21H22ClN3O. The van der Waals surface area contributed by atoms with Gasteiger partial charge in [0.15, 0.2) is 0 Å². The van der Waals surface area contributed by atoms with Crippen molar-refractivity contribution in [3.63, 3.8) is 0 Å². The molecule has 4 nitrogen and oxygen atoms in total. The first-order valence-corrected chi connectivity index (χ1v) is 8.88. The van der Waals surface area contributed by atoms with Crippen LogP contribution in [0.5, 0.6) is 0 Å². The minimum atomic E-state index is -0.988. The zero-order chi connectivity index (χ0) is 18.7. The van der Waals surface area contributed by atoms with E-state index in [9.17, 15) is 4.79 Å². The van der Waals surface area contributed by atoms with Crippen LogP contribution >= 0.6 is 11.6 Å². The summed E-state index contributed by atoms with van der Waals surface area (Å²) in [6.45, 7) is 0.700. The van der Waals surface area contributed by atoms with Crippen LogP contribution in [0.3, 0.4) is 0 Å². The molecule has 2 aromatic carbocycles. The minimum absolute atomic E-state index is 0.391. The summed E-state index contributed by atoms with van der Waals surface area (Å²) in [6.07, 6.45) is 2.26. The number of hydrogen-bond donors (Lipinski definition) is 1. The Morgan fingerprint density at radius 3 is 2.50 bits per heavy atom. The lowest BCUT2D eigenvalue weighted by Crippen LogP contribution is -2.44. The quantitative estimate of drug-likeness (QED) is 0.724. The van der Waals surface area contributed by atoms with Gasteiger partial charge in [-0.25, -0.2) is 0 Å². The van der Waals surface area contributed by atoms with Crippen molar-refractivity contribution in [3.05, 3.63) is 76.9 Å². The van der Waals surface area contributed by atoms with Crippen molar-refractivity contribution in [3.8, 4) is 0 Å². The van der Waals surface area contributed by atoms with Crippen molar-refractivity contribution in [2.75, 3.05) is 20.6 Å². The van der Waals surface area contributed by atoms with E-state index in [1.54, 1.807) is 6.20 Å². The Hall–Kier alpha value is -2.43. The summed E-state index contributed by atoms with van der Waals surface area (Å²) in [5.74, 6) is -0.391. The Bertz CT molecular complexity index is 922. The lowest BCUT2D eigenvalue weighted by Gasteiger charge is -2.34. The second kappa shape index (κ2) is 7.44. The van der Waals surface area contributed by atoms with Crippen molar-refractivity contribution < 1.29 is 4.79 Å². The number of carbonyl (C=O) groups is 1. The molecule has 2 N–H and O–H groups in total. The van der Waals surface area contributed by atoms with Gasteiger partial charge in [0.1, 0.15) is 5.41 Å². The lowest BCUT2D eigenvalue weighted by atomic mass is 9.70. The van der Waals surface area contributed by atoms with E-state index in [1.807, 2.05) is 73.6 Å². The van der Waals surface area contributed by atoms with Gasteiger partial charge in [0.05, 0.1) is 10.5 Å². The molecule has 5 heteroatoms. The van der Waals surface area contributed by atoms with Crippen LogP contribution in [-0.4, -0.2) is 36.4 Å². The van der Waals surface area contributed by atoms with E-state index in [2.05, 4.69) is 4.98 Å². The van der Waals surface area contributed by atoms with Gasteiger partial charge in [-0.15, -0.1) is 0 Å². The van der Waals surface area contributed by atoms with Crippen molar-refractivity contribution in [1.29, 1.82) is 0 Å². The highest BCUT2D eigenvalue weighted by Gasteiger charge is 2.41. The first-order valence-electron chi connectivity index (χ1n) is 8.50. The number of nitrogens with two attached hydrogens (primary N) is 1. The molecule has 0 aliphatic rings. The van der Waals surface area contributed by atoms with E-state index in [-0.39, 0.29) is 0 Å². The van der Waals surface area contributed by atoms with Crippen LogP contribution in [0.1, 0.15) is 17.5 Å². The Kier molecular flexibility index (Phi) is 5.25. The average Bonchev–Trinajstić information content (AvgIpc) is 2.63. The topological polar surface area (TPSA) is 59.2 Å². The van der Waals surface area contributed by atoms with Crippen LogP contribution in [0.25, 0.3) is 10.9 Å². The molecule has 134 valence electrons. The molecule has 0 aliphatic heterocycles. The largest absolute Gasteiger partial charge is 0.369 e. The number of carbonyl (C=O) groups excluding carboxylic acids is 1. The monoisotopic (exact) mass is 367 g/mol. The number of nitrogens with zero attached hydrogens (tertiary/aromatic N) is 2. The maximum atomic E-state index is 12.9. The van der Waals surface area contributed by atoms with E-state index in [4.69, 9.17) is 17.3 Å². The molecule has 1 heterocycles. The first kappa shape index (κ1) is 18.4. The standard InChI is InChI=1S/C21H22ClN3O/c1-25(2)14-12-21(20(23)26,15-7-4-3-5-8-15)16-11-13-24-18-10-6-9-17(22)19(16)18/h3-11,13H,12,14H2,1-2H3,(H2,23,26). The number of halogens is 1. The van der Waals surface area contributed by atoms with Crippen molar-refractivity contribution in [2.45, 2.75) is 11.8 Å². The van der Waals surface area contributed by atoms with Gasteiger partial charge < -0.3 is 10.6 Å². The van der Waals surface area contributed by atoms with Gasteiger partial charge in [-0.2, -0.15) is 0 Å². The molecule has 1 unspecified atom stereocenters. The number of fused-ring (bicyclic) bond motifs is 1. The minimum Gasteiger partial charge on any atom is -0.369 e. The van der Waals surface area contributed by atoms with Gasteiger partial charge in [-0.1, -0.05) is 48.0 Å². The van der Waals surface area contributed by atoms with E-state index < -0.39 is 11.3 Å². The molecule has 1 amide bonds. The molecule has 1 atom stereocenters. The summed E-state index contributed by atoms with van der Waals surface area (Å²) >= 11 is 6.52. The maximum absolute atomic E-state index is 12.9. The maximum Gasteiger partial charge on any atom is 0.232 e. The number of aromatic nitrogens is 1. The summed E-state index contributed by atoms with van der Waals surface area (Å²) < 4.78 is 0. The Morgan fingerprint density at radius 2 is 1.85 bits per heavy atom. The molecule has 0 saturated carbocycles. The number of amides is 1. The van der Waals surface area contributed by atoms with Crippen LogP contribution in [0.2, 0.25) is 5.02 Å². The molecule has 0 spiro atoms. The third kappa shape index (κ3) is 3.18. The molecule has 0 fully saturated rings. The van der Waals surface area contributed by atoms with Gasteiger partial charge in [0, 0.05) is 11.6 Å². The molecule has 0 aliphatic carbocycles. The SMILES string of the molecule is CN(C)CCC(C(N)=O)(c1ccccc1)c1ccnc2cccc(Cl)c12. The van der Waals surface area contributed by atoms with Gasteiger partial charge in [0.2, 0.25) is 5.91 Å². The molecule has 3 aromatic rings. The number of hydrogen-bond acceptors (Lipinski definition) is 3. The molecule has 3 rings (SSSR count). The van der Waals surface area contributed by atoms with Crippen LogP contribution in [0.15, 0.2) is 60.8 Å².